The second kappa shape index (κ2) is 8.91. The fraction of sp³-hybridized carbons (Fsp3) is 0.958. The molecule has 2 rings (SSSR count). The van der Waals surface area contributed by atoms with Gasteiger partial charge in [0.1, 0.15) is 7.28 Å². The highest BCUT2D eigenvalue weighted by Crippen LogP contribution is 2.51. The summed E-state index contributed by atoms with van der Waals surface area (Å²) in [6.45, 7) is 13.4. The van der Waals surface area contributed by atoms with E-state index in [0.717, 1.165) is 25.7 Å². The van der Waals surface area contributed by atoms with Gasteiger partial charge >= 0.3 is 0 Å². The van der Waals surface area contributed by atoms with Gasteiger partial charge in [-0.05, 0) is 33.6 Å². The molecule has 2 saturated carbocycles. The first kappa shape index (κ1) is 22.8. The fourth-order valence-corrected chi connectivity index (χ4v) is 5.58. The minimum Gasteiger partial charge on any atom is -0.351 e. The molecule has 0 aromatic heterocycles. The summed E-state index contributed by atoms with van der Waals surface area (Å²) in [6, 6.07) is 0. The zero-order valence-electron chi connectivity index (χ0n) is 19.2. The summed E-state index contributed by atoms with van der Waals surface area (Å²) in [5, 5.41) is 4.00. The maximum Gasteiger partial charge on any atom is 0.226 e. The predicted molar refractivity (Wildman–Crippen MR) is 119 cm³/mol. The fourth-order valence-electron chi connectivity index (χ4n) is 5.58. The third-order valence-electron chi connectivity index (χ3n) is 7.18. The molecule has 0 aromatic rings. The highest BCUT2D eigenvalue weighted by molar-refractivity contribution is 6.44. The Morgan fingerprint density at radius 3 is 1.56 bits per heavy atom. The molecule has 0 aromatic carbocycles. The number of nitrogens with one attached hydrogen (secondary N) is 1. The van der Waals surface area contributed by atoms with Crippen LogP contribution in [0.4, 0.5) is 0 Å². The highest BCUT2D eigenvalue weighted by Gasteiger charge is 2.41. The monoisotopic (exact) mass is 374 g/mol. The molecule has 0 aliphatic heterocycles. The Morgan fingerprint density at radius 1 is 0.704 bits per heavy atom. The topological polar surface area (TPSA) is 29.1 Å². The van der Waals surface area contributed by atoms with Gasteiger partial charge in [0.2, 0.25) is 5.91 Å². The standard InChI is InChI=1S/C24H45BNO/c1-21(2,3)26-20(27)22(4)14-12-18-24(6,19-13-15-22)25-23(5)16-10-8-7-9-11-17-23/h7-19H2,1-6H3,(H,26,27). The molecular weight excluding hydrogens is 329 g/mol. The number of hydrogen-bond acceptors (Lipinski definition) is 1. The Hall–Kier alpha value is -0.465. The van der Waals surface area contributed by atoms with E-state index in [2.05, 4.69) is 54.1 Å². The van der Waals surface area contributed by atoms with Crippen LogP contribution in [0.25, 0.3) is 0 Å². The van der Waals surface area contributed by atoms with Crippen LogP contribution in [-0.2, 0) is 4.79 Å². The summed E-state index contributed by atoms with van der Waals surface area (Å²) < 4.78 is 0. The molecule has 2 nitrogen and oxygen atoms in total. The maximum absolute atomic E-state index is 12.9. The van der Waals surface area contributed by atoms with Gasteiger partial charge in [-0.25, -0.2) is 0 Å². The highest BCUT2D eigenvalue weighted by atomic mass is 16.2. The van der Waals surface area contributed by atoms with E-state index in [1.807, 2.05) is 0 Å². The summed E-state index contributed by atoms with van der Waals surface area (Å²) in [7, 11) is 2.77. The van der Waals surface area contributed by atoms with Crippen LogP contribution in [0.1, 0.15) is 125 Å². The molecule has 0 bridgehead atoms. The summed E-state index contributed by atoms with van der Waals surface area (Å²) in [5.41, 5.74) is -0.337. The van der Waals surface area contributed by atoms with Crippen molar-refractivity contribution >= 4 is 13.2 Å². The zero-order chi connectivity index (χ0) is 20.2. The molecule has 2 aliphatic rings. The number of carbonyl (C=O) groups excluding carboxylic acids is 1. The predicted octanol–water partition coefficient (Wildman–Crippen LogP) is 7.07. The summed E-state index contributed by atoms with van der Waals surface area (Å²) in [5.74, 6) is 0.259. The van der Waals surface area contributed by atoms with Crippen LogP contribution in [0.5, 0.6) is 0 Å². The smallest absolute Gasteiger partial charge is 0.226 e. The molecule has 155 valence electrons. The second-order valence-electron chi connectivity index (χ2n) is 11.7. The third-order valence-corrected chi connectivity index (χ3v) is 7.18. The molecular formula is C24H45BNO. The minimum absolute atomic E-state index is 0.141. The normalized spacial score (nSPS) is 33.1. The first-order valence-corrected chi connectivity index (χ1v) is 11.7. The van der Waals surface area contributed by atoms with Crippen LogP contribution < -0.4 is 5.32 Å². The van der Waals surface area contributed by atoms with Crippen LogP contribution in [0.15, 0.2) is 0 Å². The Labute approximate surface area is 170 Å². The molecule has 0 atom stereocenters. The van der Waals surface area contributed by atoms with E-state index >= 15 is 0 Å². The van der Waals surface area contributed by atoms with Gasteiger partial charge in [0.05, 0.1) is 0 Å². The minimum atomic E-state index is -0.196. The maximum atomic E-state index is 12.9. The Bertz CT molecular complexity index is 475. The molecule has 0 saturated heterocycles. The quantitative estimate of drug-likeness (QED) is 0.526. The number of hydrogen-bond donors (Lipinski definition) is 1. The van der Waals surface area contributed by atoms with Crippen molar-refractivity contribution in [2.24, 2.45) is 5.41 Å². The summed E-state index contributed by atoms with van der Waals surface area (Å²) in [6.07, 6.45) is 16.6. The van der Waals surface area contributed by atoms with Crippen molar-refractivity contribution in [1.29, 1.82) is 0 Å². The van der Waals surface area contributed by atoms with Gasteiger partial charge in [-0.3, -0.25) is 4.79 Å². The largest absolute Gasteiger partial charge is 0.351 e. The summed E-state index contributed by atoms with van der Waals surface area (Å²) >= 11 is 0. The van der Waals surface area contributed by atoms with E-state index in [9.17, 15) is 4.79 Å². The second-order valence-corrected chi connectivity index (χ2v) is 11.7. The van der Waals surface area contributed by atoms with Gasteiger partial charge in [-0.1, -0.05) is 102 Å². The first-order chi connectivity index (χ1) is 12.5. The molecule has 1 N–H and O–H groups in total. The average molecular weight is 374 g/mol. The Morgan fingerprint density at radius 2 is 1.11 bits per heavy atom. The van der Waals surface area contributed by atoms with E-state index in [-0.39, 0.29) is 16.9 Å². The van der Waals surface area contributed by atoms with Crippen LogP contribution in [0.2, 0.25) is 10.6 Å². The van der Waals surface area contributed by atoms with Crippen molar-refractivity contribution in [3.63, 3.8) is 0 Å². The van der Waals surface area contributed by atoms with Crippen molar-refractivity contribution in [2.45, 2.75) is 141 Å². The van der Waals surface area contributed by atoms with Crippen LogP contribution in [0, 0.1) is 5.41 Å². The average Bonchev–Trinajstić information content (AvgIpc) is 2.48. The van der Waals surface area contributed by atoms with Crippen LogP contribution in [0.3, 0.4) is 0 Å². The lowest BCUT2D eigenvalue weighted by atomic mass is 9.35. The van der Waals surface area contributed by atoms with E-state index in [1.54, 1.807) is 0 Å². The molecule has 0 heterocycles. The molecule has 2 fully saturated rings. The molecule has 1 amide bonds. The molecule has 2 aliphatic carbocycles. The van der Waals surface area contributed by atoms with Gasteiger partial charge in [0.15, 0.2) is 0 Å². The zero-order valence-corrected chi connectivity index (χ0v) is 19.2. The van der Waals surface area contributed by atoms with Crippen molar-refractivity contribution in [2.75, 3.05) is 0 Å². The first-order valence-electron chi connectivity index (χ1n) is 11.7. The van der Waals surface area contributed by atoms with Crippen LogP contribution in [-0.4, -0.2) is 18.7 Å². The molecule has 0 spiro atoms. The lowest BCUT2D eigenvalue weighted by molar-refractivity contribution is -0.133. The van der Waals surface area contributed by atoms with E-state index in [0.29, 0.717) is 10.6 Å². The van der Waals surface area contributed by atoms with Crippen molar-refractivity contribution in [3.05, 3.63) is 0 Å². The van der Waals surface area contributed by atoms with E-state index in [4.69, 9.17) is 0 Å². The lowest BCUT2D eigenvalue weighted by Crippen LogP contribution is -2.48. The third kappa shape index (κ3) is 7.13. The molecule has 3 heteroatoms. The van der Waals surface area contributed by atoms with Gasteiger partial charge < -0.3 is 5.32 Å². The van der Waals surface area contributed by atoms with Crippen molar-refractivity contribution in [3.8, 4) is 0 Å². The SMILES string of the molecule is CC1([B]C2(C)CCCC(C)(C(=O)NC(C)(C)C)CCC2)CCCCCCC1. The molecule has 0 unspecified atom stereocenters. The van der Waals surface area contributed by atoms with E-state index < -0.39 is 0 Å². The number of carbonyl (C=O) groups is 1. The van der Waals surface area contributed by atoms with Gasteiger partial charge in [0.25, 0.3) is 0 Å². The molecule has 27 heavy (non-hydrogen) atoms. The van der Waals surface area contributed by atoms with Crippen molar-refractivity contribution in [1.82, 2.24) is 5.32 Å². The number of rotatable bonds is 3. The molecule has 1 radical (unpaired) electrons. The Kier molecular flexibility index (Phi) is 7.53. The summed E-state index contributed by atoms with van der Waals surface area (Å²) in [4.78, 5) is 12.9. The van der Waals surface area contributed by atoms with Crippen molar-refractivity contribution < 1.29 is 4.79 Å². The Balaban J connectivity index is 1.96. The van der Waals surface area contributed by atoms with Gasteiger partial charge in [0, 0.05) is 11.0 Å². The number of amides is 1. The van der Waals surface area contributed by atoms with Gasteiger partial charge in [-0.15, -0.1) is 0 Å². The lowest BCUT2D eigenvalue weighted by Gasteiger charge is -2.43. The van der Waals surface area contributed by atoms with Gasteiger partial charge in [-0.2, -0.15) is 0 Å². The van der Waals surface area contributed by atoms with Crippen LogP contribution >= 0.6 is 0 Å². The van der Waals surface area contributed by atoms with E-state index in [1.165, 1.54) is 57.8 Å².